The maximum Gasteiger partial charge on any atom is 0.258 e. The first-order valence-corrected chi connectivity index (χ1v) is 8.35. The SMILES string of the molecule is COc1ncc(-c2ccc3c(c2)C(=O)NC3=O)cc1NC(=O)Cn1ccnc1. The number of nitrogens with zero attached hydrogens (tertiary/aromatic N) is 3. The van der Waals surface area contributed by atoms with Crippen LogP contribution in [0.4, 0.5) is 5.69 Å². The lowest BCUT2D eigenvalue weighted by atomic mass is 10.0. The lowest BCUT2D eigenvalue weighted by molar-refractivity contribution is -0.116. The predicted molar refractivity (Wildman–Crippen MR) is 98.9 cm³/mol. The van der Waals surface area contributed by atoms with Crippen molar-refractivity contribution in [2.45, 2.75) is 6.54 Å². The molecule has 0 unspecified atom stereocenters. The molecule has 1 aromatic carbocycles. The van der Waals surface area contributed by atoms with E-state index >= 15 is 0 Å². The summed E-state index contributed by atoms with van der Waals surface area (Å²) in [5.41, 5.74) is 2.39. The molecule has 4 rings (SSSR count). The zero-order chi connectivity index (χ0) is 19.7. The number of imidazole rings is 1. The molecule has 1 aliphatic rings. The van der Waals surface area contributed by atoms with Gasteiger partial charge in [-0.05, 0) is 23.8 Å². The molecule has 28 heavy (non-hydrogen) atoms. The zero-order valence-electron chi connectivity index (χ0n) is 14.8. The van der Waals surface area contributed by atoms with E-state index < -0.39 is 11.8 Å². The molecule has 3 aromatic rings. The third-order valence-electron chi connectivity index (χ3n) is 4.27. The van der Waals surface area contributed by atoms with Crippen molar-refractivity contribution < 1.29 is 19.1 Å². The van der Waals surface area contributed by atoms with E-state index in [0.717, 1.165) is 0 Å². The molecular formula is C19H15N5O4. The number of carbonyl (C=O) groups excluding carboxylic acids is 3. The largest absolute Gasteiger partial charge is 0.480 e. The number of ether oxygens (including phenoxy) is 1. The monoisotopic (exact) mass is 377 g/mol. The third-order valence-corrected chi connectivity index (χ3v) is 4.27. The van der Waals surface area contributed by atoms with Crippen LogP contribution in [-0.2, 0) is 11.3 Å². The van der Waals surface area contributed by atoms with Gasteiger partial charge in [-0.1, -0.05) is 6.07 Å². The highest BCUT2D eigenvalue weighted by atomic mass is 16.5. The summed E-state index contributed by atoms with van der Waals surface area (Å²) in [7, 11) is 1.46. The summed E-state index contributed by atoms with van der Waals surface area (Å²) in [5, 5.41) is 5.03. The average Bonchev–Trinajstić information content (AvgIpc) is 3.29. The van der Waals surface area contributed by atoms with Crippen LogP contribution in [0.2, 0.25) is 0 Å². The first-order chi connectivity index (χ1) is 13.5. The van der Waals surface area contributed by atoms with Gasteiger partial charge in [0.1, 0.15) is 12.2 Å². The van der Waals surface area contributed by atoms with Gasteiger partial charge < -0.3 is 14.6 Å². The fourth-order valence-electron chi connectivity index (χ4n) is 2.95. The van der Waals surface area contributed by atoms with Crippen LogP contribution in [0.15, 0.2) is 49.2 Å². The summed E-state index contributed by atoms with van der Waals surface area (Å²) in [6, 6.07) is 6.63. The van der Waals surface area contributed by atoms with Crippen molar-refractivity contribution in [3.63, 3.8) is 0 Å². The molecule has 0 radical (unpaired) electrons. The normalized spacial score (nSPS) is 12.5. The number of amides is 3. The number of pyridine rings is 1. The van der Waals surface area contributed by atoms with E-state index in [9.17, 15) is 14.4 Å². The number of nitrogens with one attached hydrogen (secondary N) is 2. The van der Waals surface area contributed by atoms with Gasteiger partial charge in [0.15, 0.2) is 0 Å². The Labute approximate surface area is 159 Å². The number of aromatic nitrogens is 3. The Hall–Kier alpha value is -4.01. The van der Waals surface area contributed by atoms with Gasteiger partial charge in [0.2, 0.25) is 11.8 Å². The van der Waals surface area contributed by atoms with Crippen molar-refractivity contribution in [2.75, 3.05) is 12.4 Å². The molecule has 1 aliphatic heterocycles. The van der Waals surface area contributed by atoms with Crippen LogP contribution in [0.3, 0.4) is 0 Å². The first-order valence-electron chi connectivity index (χ1n) is 8.35. The van der Waals surface area contributed by atoms with E-state index in [4.69, 9.17) is 4.74 Å². The van der Waals surface area contributed by atoms with Crippen molar-refractivity contribution in [1.82, 2.24) is 19.9 Å². The molecule has 0 spiro atoms. The van der Waals surface area contributed by atoms with Gasteiger partial charge in [0, 0.05) is 24.2 Å². The number of anilines is 1. The van der Waals surface area contributed by atoms with Crippen molar-refractivity contribution in [3.05, 3.63) is 60.3 Å². The lowest BCUT2D eigenvalue weighted by Crippen LogP contribution is -2.19. The first kappa shape index (κ1) is 17.4. The molecule has 0 bridgehead atoms. The molecule has 3 heterocycles. The number of carbonyl (C=O) groups is 3. The molecule has 9 heteroatoms. The van der Waals surface area contributed by atoms with E-state index in [1.54, 1.807) is 53.8 Å². The Morgan fingerprint density at radius 2 is 2.00 bits per heavy atom. The molecule has 0 saturated carbocycles. The highest BCUT2D eigenvalue weighted by molar-refractivity contribution is 6.21. The van der Waals surface area contributed by atoms with E-state index in [2.05, 4.69) is 20.6 Å². The van der Waals surface area contributed by atoms with Crippen LogP contribution in [0, 0.1) is 0 Å². The van der Waals surface area contributed by atoms with Crippen molar-refractivity contribution in [3.8, 4) is 17.0 Å². The smallest absolute Gasteiger partial charge is 0.258 e. The fraction of sp³-hybridized carbons (Fsp3) is 0.105. The Morgan fingerprint density at radius 1 is 1.18 bits per heavy atom. The van der Waals surface area contributed by atoms with Crippen molar-refractivity contribution >= 4 is 23.4 Å². The summed E-state index contributed by atoms with van der Waals surface area (Å²) in [5.74, 6) is -0.852. The van der Waals surface area contributed by atoms with E-state index in [-0.39, 0.29) is 18.3 Å². The number of rotatable bonds is 5. The molecule has 0 saturated heterocycles. The standard InChI is InChI=1S/C19H15N5O4/c1-28-19-15(22-16(25)9-24-5-4-20-10-24)7-12(8-21-19)11-2-3-13-14(6-11)18(27)23-17(13)26/h2-8,10H,9H2,1H3,(H,22,25)(H,23,26,27). The quantitative estimate of drug-likeness (QED) is 0.651. The molecule has 0 atom stereocenters. The summed E-state index contributed by atoms with van der Waals surface area (Å²) in [4.78, 5) is 44.0. The third kappa shape index (κ3) is 3.20. The number of imide groups is 1. The molecule has 140 valence electrons. The zero-order valence-corrected chi connectivity index (χ0v) is 14.8. The lowest BCUT2D eigenvalue weighted by Gasteiger charge is -2.12. The predicted octanol–water partition coefficient (Wildman–Crippen LogP) is 1.48. The van der Waals surface area contributed by atoms with E-state index in [1.807, 2.05) is 0 Å². The van der Waals surface area contributed by atoms with Gasteiger partial charge in [-0.15, -0.1) is 0 Å². The maximum absolute atomic E-state index is 12.3. The minimum atomic E-state index is -0.433. The maximum atomic E-state index is 12.3. The van der Waals surface area contributed by atoms with Gasteiger partial charge in [0.25, 0.3) is 11.8 Å². The Morgan fingerprint density at radius 3 is 2.75 bits per heavy atom. The van der Waals surface area contributed by atoms with Crippen LogP contribution in [0.25, 0.3) is 11.1 Å². The Balaban J connectivity index is 1.63. The topological polar surface area (TPSA) is 115 Å². The van der Waals surface area contributed by atoms with Gasteiger partial charge in [0.05, 0.1) is 24.6 Å². The molecule has 0 aliphatic carbocycles. The summed E-state index contributed by atoms with van der Waals surface area (Å²) in [6.45, 7) is 0.0918. The molecule has 3 amide bonds. The molecule has 2 N–H and O–H groups in total. The second kappa shape index (κ2) is 6.95. The minimum absolute atomic E-state index is 0.0918. The number of hydrogen-bond acceptors (Lipinski definition) is 6. The van der Waals surface area contributed by atoms with Crippen molar-refractivity contribution in [2.24, 2.45) is 0 Å². The van der Waals surface area contributed by atoms with Gasteiger partial charge >= 0.3 is 0 Å². The van der Waals surface area contributed by atoms with Gasteiger partial charge in [-0.3, -0.25) is 19.7 Å². The minimum Gasteiger partial charge on any atom is -0.480 e. The van der Waals surface area contributed by atoms with Crippen LogP contribution in [0.1, 0.15) is 20.7 Å². The summed E-state index contributed by atoms with van der Waals surface area (Å²) < 4.78 is 6.86. The number of hydrogen-bond donors (Lipinski definition) is 2. The van der Waals surface area contributed by atoms with Crippen molar-refractivity contribution in [1.29, 1.82) is 0 Å². The highest BCUT2D eigenvalue weighted by Gasteiger charge is 2.26. The second-order valence-electron chi connectivity index (χ2n) is 6.11. The summed E-state index contributed by atoms with van der Waals surface area (Å²) in [6.07, 6.45) is 6.39. The van der Waals surface area contributed by atoms with Crippen LogP contribution < -0.4 is 15.4 Å². The number of benzene rings is 1. The van der Waals surface area contributed by atoms with Crippen LogP contribution in [0.5, 0.6) is 5.88 Å². The molecule has 0 fully saturated rings. The summed E-state index contributed by atoms with van der Waals surface area (Å²) >= 11 is 0. The fourth-order valence-corrected chi connectivity index (χ4v) is 2.95. The van der Waals surface area contributed by atoms with Gasteiger partial charge in [-0.25, -0.2) is 9.97 Å². The van der Waals surface area contributed by atoms with Gasteiger partial charge in [-0.2, -0.15) is 0 Å². The number of methoxy groups -OCH3 is 1. The Bertz CT molecular complexity index is 1090. The Kier molecular flexibility index (Phi) is 4.32. The van der Waals surface area contributed by atoms with Crippen LogP contribution in [-0.4, -0.2) is 39.4 Å². The van der Waals surface area contributed by atoms with E-state index in [0.29, 0.717) is 27.9 Å². The molecular weight excluding hydrogens is 362 g/mol. The van der Waals surface area contributed by atoms with E-state index in [1.165, 1.54) is 7.11 Å². The molecule has 9 nitrogen and oxygen atoms in total. The van der Waals surface area contributed by atoms with Crippen LogP contribution >= 0.6 is 0 Å². The number of fused-ring (bicyclic) bond motifs is 1. The highest BCUT2D eigenvalue weighted by Crippen LogP contribution is 2.30. The second-order valence-corrected chi connectivity index (χ2v) is 6.11. The average molecular weight is 377 g/mol. The molecule has 2 aromatic heterocycles.